The van der Waals surface area contributed by atoms with E-state index in [4.69, 9.17) is 5.73 Å². The zero-order valence-corrected chi connectivity index (χ0v) is 15.5. The smallest absolute Gasteiger partial charge is 0.238 e. The third-order valence-electron chi connectivity index (χ3n) is 4.65. The number of aryl methyl sites for hydroxylation is 2. The number of nitrogens with two attached hydrogens (primary N) is 1. The molecule has 1 heterocycles. The largest absolute Gasteiger partial charge is 0.340 e. The average Bonchev–Trinajstić information content (AvgIpc) is 2.57. The highest BCUT2D eigenvalue weighted by Gasteiger charge is 2.22. The lowest BCUT2D eigenvalue weighted by molar-refractivity contribution is -0.133. The van der Waals surface area contributed by atoms with E-state index in [1.807, 2.05) is 43.9 Å². The highest BCUT2D eigenvalue weighted by atomic mass is 16.2. The van der Waals surface area contributed by atoms with Gasteiger partial charge in [-0.3, -0.25) is 14.5 Å². The number of anilines is 1. The van der Waals surface area contributed by atoms with Crippen molar-refractivity contribution < 1.29 is 9.59 Å². The highest BCUT2D eigenvalue weighted by Crippen LogP contribution is 2.19. The van der Waals surface area contributed by atoms with E-state index in [0.29, 0.717) is 26.1 Å². The van der Waals surface area contributed by atoms with Crippen LogP contribution in [-0.4, -0.2) is 60.4 Å². The molecule has 2 amide bonds. The molecule has 0 bridgehead atoms. The van der Waals surface area contributed by atoms with Gasteiger partial charge in [0.25, 0.3) is 0 Å². The number of hydrogen-bond acceptors (Lipinski definition) is 4. The third-order valence-corrected chi connectivity index (χ3v) is 4.65. The zero-order valence-electron chi connectivity index (χ0n) is 15.5. The Morgan fingerprint density at radius 3 is 2.32 bits per heavy atom. The Bertz CT molecular complexity index is 587. The minimum absolute atomic E-state index is 0.00543. The zero-order chi connectivity index (χ0) is 18.4. The number of rotatable bonds is 6. The summed E-state index contributed by atoms with van der Waals surface area (Å²) in [5.74, 6) is 0.158. The van der Waals surface area contributed by atoms with Crippen LogP contribution in [0.25, 0.3) is 0 Å². The molecule has 1 fully saturated rings. The molecule has 1 atom stereocenters. The van der Waals surface area contributed by atoms with Crippen molar-refractivity contribution in [3.8, 4) is 0 Å². The van der Waals surface area contributed by atoms with Gasteiger partial charge in [-0.15, -0.1) is 0 Å². The lowest BCUT2D eigenvalue weighted by Crippen LogP contribution is -2.50. The van der Waals surface area contributed by atoms with Gasteiger partial charge in [0.1, 0.15) is 0 Å². The van der Waals surface area contributed by atoms with Crippen molar-refractivity contribution >= 4 is 17.5 Å². The molecule has 0 saturated carbocycles. The van der Waals surface area contributed by atoms with E-state index in [9.17, 15) is 9.59 Å². The maximum atomic E-state index is 12.3. The monoisotopic (exact) mass is 346 g/mol. The van der Waals surface area contributed by atoms with Gasteiger partial charge in [-0.25, -0.2) is 0 Å². The van der Waals surface area contributed by atoms with Crippen LogP contribution >= 0.6 is 0 Å². The van der Waals surface area contributed by atoms with Crippen molar-refractivity contribution in [2.75, 3.05) is 38.0 Å². The van der Waals surface area contributed by atoms with Crippen LogP contribution in [0, 0.1) is 13.8 Å². The van der Waals surface area contributed by atoms with Crippen molar-refractivity contribution in [2.45, 2.75) is 39.7 Å². The number of benzene rings is 1. The van der Waals surface area contributed by atoms with E-state index in [1.54, 1.807) is 0 Å². The Morgan fingerprint density at radius 2 is 1.76 bits per heavy atom. The SMILES string of the molecule is Cc1cccc(C)c1NC(=O)CN1CCN(C(=O)CCC(C)N)CC1. The number of para-hydroxylation sites is 1. The average molecular weight is 346 g/mol. The number of nitrogens with zero attached hydrogens (tertiary/aromatic N) is 2. The molecule has 138 valence electrons. The van der Waals surface area contributed by atoms with Crippen LogP contribution in [0.2, 0.25) is 0 Å². The number of amides is 2. The van der Waals surface area contributed by atoms with Gasteiger partial charge in [0.15, 0.2) is 0 Å². The molecule has 2 rings (SSSR count). The standard InChI is InChI=1S/C19H30N4O2/c1-14-5-4-6-15(2)19(14)21-17(24)13-22-9-11-23(12-10-22)18(25)8-7-16(3)20/h4-6,16H,7-13,20H2,1-3H3,(H,21,24). The summed E-state index contributed by atoms with van der Waals surface area (Å²) < 4.78 is 0. The summed E-state index contributed by atoms with van der Waals surface area (Å²) in [7, 11) is 0. The van der Waals surface area contributed by atoms with Crippen LogP contribution in [0.5, 0.6) is 0 Å². The number of carbonyl (C=O) groups is 2. The van der Waals surface area contributed by atoms with Crippen LogP contribution in [0.15, 0.2) is 18.2 Å². The van der Waals surface area contributed by atoms with Crippen molar-refractivity contribution in [1.29, 1.82) is 0 Å². The molecule has 3 N–H and O–H groups in total. The second-order valence-corrected chi connectivity index (χ2v) is 6.99. The Morgan fingerprint density at radius 1 is 1.16 bits per heavy atom. The summed E-state index contributed by atoms with van der Waals surface area (Å²) in [4.78, 5) is 28.4. The van der Waals surface area contributed by atoms with Gasteiger partial charge in [-0.1, -0.05) is 18.2 Å². The van der Waals surface area contributed by atoms with Gasteiger partial charge < -0.3 is 16.0 Å². The molecule has 0 aromatic heterocycles. The summed E-state index contributed by atoms with van der Waals surface area (Å²) in [5.41, 5.74) is 8.74. The summed E-state index contributed by atoms with van der Waals surface area (Å²) in [6.45, 7) is 9.07. The van der Waals surface area contributed by atoms with E-state index in [2.05, 4.69) is 10.2 Å². The van der Waals surface area contributed by atoms with Crippen LogP contribution < -0.4 is 11.1 Å². The fourth-order valence-electron chi connectivity index (χ4n) is 3.06. The van der Waals surface area contributed by atoms with Gasteiger partial charge in [0.2, 0.25) is 11.8 Å². The lowest BCUT2D eigenvalue weighted by Gasteiger charge is -2.34. The van der Waals surface area contributed by atoms with E-state index >= 15 is 0 Å². The molecular formula is C19H30N4O2. The first kappa shape index (κ1) is 19.4. The normalized spacial score (nSPS) is 16.6. The van der Waals surface area contributed by atoms with Crippen molar-refractivity contribution in [3.05, 3.63) is 29.3 Å². The van der Waals surface area contributed by atoms with Crippen molar-refractivity contribution in [2.24, 2.45) is 5.73 Å². The molecule has 0 spiro atoms. The van der Waals surface area contributed by atoms with Crippen LogP contribution in [0.4, 0.5) is 5.69 Å². The molecule has 25 heavy (non-hydrogen) atoms. The third kappa shape index (κ3) is 5.83. The Labute approximate surface area is 150 Å². The highest BCUT2D eigenvalue weighted by molar-refractivity contribution is 5.93. The number of hydrogen-bond donors (Lipinski definition) is 2. The number of nitrogens with one attached hydrogen (secondary N) is 1. The van der Waals surface area contributed by atoms with Crippen LogP contribution in [0.3, 0.4) is 0 Å². The van der Waals surface area contributed by atoms with Gasteiger partial charge in [0, 0.05) is 44.3 Å². The summed E-state index contributed by atoms with van der Waals surface area (Å²) in [6.07, 6.45) is 1.22. The molecule has 1 unspecified atom stereocenters. The van der Waals surface area contributed by atoms with E-state index < -0.39 is 0 Å². The van der Waals surface area contributed by atoms with Crippen LogP contribution in [-0.2, 0) is 9.59 Å². The van der Waals surface area contributed by atoms with E-state index in [1.165, 1.54) is 0 Å². The fraction of sp³-hybridized carbons (Fsp3) is 0.579. The maximum Gasteiger partial charge on any atom is 0.238 e. The van der Waals surface area contributed by atoms with Crippen LogP contribution in [0.1, 0.15) is 30.9 Å². The van der Waals surface area contributed by atoms with Gasteiger partial charge in [-0.05, 0) is 38.3 Å². The molecule has 1 saturated heterocycles. The fourth-order valence-corrected chi connectivity index (χ4v) is 3.06. The van der Waals surface area contributed by atoms with Gasteiger partial charge in [0.05, 0.1) is 6.54 Å². The van der Waals surface area contributed by atoms with E-state index in [0.717, 1.165) is 36.3 Å². The molecular weight excluding hydrogens is 316 g/mol. The molecule has 0 aliphatic carbocycles. The first-order chi connectivity index (χ1) is 11.9. The molecule has 1 aliphatic rings. The summed E-state index contributed by atoms with van der Waals surface area (Å²) in [6, 6.07) is 6.03. The Balaban J connectivity index is 1.78. The summed E-state index contributed by atoms with van der Waals surface area (Å²) in [5, 5.41) is 3.02. The van der Waals surface area contributed by atoms with Crippen molar-refractivity contribution in [3.63, 3.8) is 0 Å². The van der Waals surface area contributed by atoms with E-state index in [-0.39, 0.29) is 17.9 Å². The number of carbonyl (C=O) groups excluding carboxylic acids is 2. The molecule has 1 aromatic carbocycles. The van der Waals surface area contributed by atoms with Gasteiger partial charge in [-0.2, -0.15) is 0 Å². The first-order valence-electron chi connectivity index (χ1n) is 8.98. The molecule has 6 nitrogen and oxygen atoms in total. The Hall–Kier alpha value is -1.92. The number of piperazine rings is 1. The minimum atomic E-state index is -0.00543. The maximum absolute atomic E-state index is 12.3. The first-order valence-corrected chi connectivity index (χ1v) is 8.98. The Kier molecular flexibility index (Phi) is 6.96. The topological polar surface area (TPSA) is 78.7 Å². The minimum Gasteiger partial charge on any atom is -0.340 e. The molecule has 1 aromatic rings. The lowest BCUT2D eigenvalue weighted by atomic mass is 10.1. The predicted octanol–water partition coefficient (Wildman–Crippen LogP) is 1.51. The quantitative estimate of drug-likeness (QED) is 0.818. The molecule has 1 aliphatic heterocycles. The summed E-state index contributed by atoms with van der Waals surface area (Å²) >= 11 is 0. The van der Waals surface area contributed by atoms with Gasteiger partial charge >= 0.3 is 0 Å². The predicted molar refractivity (Wildman–Crippen MR) is 100 cm³/mol. The molecule has 6 heteroatoms. The van der Waals surface area contributed by atoms with Crippen molar-refractivity contribution in [1.82, 2.24) is 9.80 Å². The second-order valence-electron chi connectivity index (χ2n) is 6.99. The molecule has 0 radical (unpaired) electrons. The second kappa shape index (κ2) is 8.97.